The van der Waals surface area contributed by atoms with E-state index in [4.69, 9.17) is 0 Å². The van der Waals surface area contributed by atoms with Crippen molar-refractivity contribution in [1.82, 2.24) is 10.2 Å². The summed E-state index contributed by atoms with van der Waals surface area (Å²) in [5, 5.41) is 7.41. The maximum Gasteiger partial charge on any atom is 0.306 e. The molecule has 0 aliphatic carbocycles. The second kappa shape index (κ2) is 1.97. The molecule has 1 aromatic rings. The third-order valence-electron chi connectivity index (χ3n) is 0.480. The predicted molar refractivity (Wildman–Crippen MR) is 24.9 cm³/mol. The molecule has 1 heterocycles. The van der Waals surface area contributed by atoms with Crippen molar-refractivity contribution in [2.24, 2.45) is 0 Å². The van der Waals surface area contributed by atoms with Gasteiger partial charge in [-0.3, -0.25) is 0 Å². The maximum atomic E-state index is 4.60. The largest absolute Gasteiger partial charge is 0.407 e. The Morgan fingerprint density at radius 1 is 1.86 bits per heavy atom. The zero-order valence-corrected chi connectivity index (χ0v) is 4.53. The van der Waals surface area contributed by atoms with E-state index in [1.165, 1.54) is 11.8 Å². The van der Waals surface area contributed by atoms with E-state index in [1.54, 1.807) is 0 Å². The zero-order valence-electron chi connectivity index (χ0n) is 3.71. The van der Waals surface area contributed by atoms with E-state index >= 15 is 0 Å². The average molecular weight is 115 g/mol. The van der Waals surface area contributed by atoms with Crippen LogP contribution in [0.3, 0.4) is 0 Å². The van der Waals surface area contributed by atoms with Crippen molar-refractivity contribution in [3.8, 4) is 0 Å². The smallest absolute Gasteiger partial charge is 0.306 e. The van der Waals surface area contributed by atoms with Crippen LogP contribution in [-0.4, -0.2) is 16.5 Å². The molecule has 1 aromatic heterocycles. The molecule has 0 atom stereocenters. The van der Waals surface area contributed by atoms with E-state index in [0.29, 0.717) is 5.22 Å². The van der Waals surface area contributed by atoms with Crippen LogP contribution in [0, 0.1) is 6.39 Å². The van der Waals surface area contributed by atoms with Crippen molar-refractivity contribution in [2.75, 3.05) is 6.26 Å². The summed E-state index contributed by atoms with van der Waals surface area (Å²) in [6.45, 7) is 0. The third-order valence-corrected chi connectivity index (χ3v) is 0.994. The Morgan fingerprint density at radius 3 is 3.00 bits per heavy atom. The molecule has 0 saturated heterocycles. The number of hydrogen-bond acceptors (Lipinski definition) is 4. The normalized spacial score (nSPS) is 9.29. The van der Waals surface area contributed by atoms with Crippen LogP contribution in [-0.2, 0) is 0 Å². The molecule has 0 bridgehead atoms. The minimum absolute atomic E-state index is 0.556. The number of thioether (sulfide) groups is 1. The Morgan fingerprint density at radius 2 is 2.71 bits per heavy atom. The first-order chi connectivity index (χ1) is 3.43. The fourth-order valence-corrected chi connectivity index (χ4v) is 0.467. The second-order valence-corrected chi connectivity index (χ2v) is 1.62. The van der Waals surface area contributed by atoms with E-state index in [0.717, 1.165) is 0 Å². The van der Waals surface area contributed by atoms with Crippen molar-refractivity contribution in [3.05, 3.63) is 6.39 Å². The molecule has 0 amide bonds. The summed E-state index contributed by atoms with van der Waals surface area (Å²) in [4.78, 5) is 0. The summed E-state index contributed by atoms with van der Waals surface area (Å²) in [6.07, 6.45) is 4.09. The molecule has 0 saturated carbocycles. The standard InChI is InChI=1S/C3H3N2OS/c1-7-3-5-4-2-6-3/h1H3. The molecule has 0 unspecified atom stereocenters. The van der Waals surface area contributed by atoms with Crippen LogP contribution < -0.4 is 0 Å². The SMILES string of the molecule is CSc1nn[c]o1. The Balaban J connectivity index is 2.76. The molecule has 0 aromatic carbocycles. The highest BCUT2D eigenvalue weighted by Gasteiger charge is 1.90. The minimum Gasteiger partial charge on any atom is -0.407 e. The minimum atomic E-state index is 0.556. The van der Waals surface area contributed by atoms with Gasteiger partial charge in [-0.15, -0.1) is 10.2 Å². The Kier molecular flexibility index (Phi) is 1.31. The lowest BCUT2D eigenvalue weighted by Gasteiger charge is -1.74. The quantitative estimate of drug-likeness (QED) is 0.502. The molecule has 37 valence electrons. The molecule has 0 N–H and O–H groups in total. The van der Waals surface area contributed by atoms with Gasteiger partial charge in [0, 0.05) is 0 Å². The lowest BCUT2D eigenvalue weighted by Crippen LogP contribution is -1.65. The molecule has 1 radical (unpaired) electrons. The molecular weight excluding hydrogens is 112 g/mol. The molecule has 7 heavy (non-hydrogen) atoms. The molecule has 0 fully saturated rings. The van der Waals surface area contributed by atoms with Crippen LogP contribution in [0.2, 0.25) is 0 Å². The molecule has 0 spiro atoms. The second-order valence-electron chi connectivity index (χ2n) is 0.863. The first-order valence-electron chi connectivity index (χ1n) is 1.67. The first kappa shape index (κ1) is 4.64. The summed E-state index contributed by atoms with van der Waals surface area (Å²) < 4.78 is 4.60. The van der Waals surface area contributed by atoms with E-state index in [-0.39, 0.29) is 0 Å². The molecule has 0 aliphatic heterocycles. The lowest BCUT2D eigenvalue weighted by molar-refractivity contribution is 0.447. The summed E-state index contributed by atoms with van der Waals surface area (Å²) in [5.41, 5.74) is 0. The van der Waals surface area contributed by atoms with E-state index in [2.05, 4.69) is 21.0 Å². The van der Waals surface area contributed by atoms with Crippen LogP contribution in [0.25, 0.3) is 0 Å². The van der Waals surface area contributed by atoms with Crippen molar-refractivity contribution in [3.63, 3.8) is 0 Å². The van der Waals surface area contributed by atoms with Crippen molar-refractivity contribution in [1.29, 1.82) is 0 Å². The number of nitrogens with zero attached hydrogens (tertiary/aromatic N) is 2. The Bertz CT molecular complexity index is 127. The summed E-state index contributed by atoms with van der Waals surface area (Å²) in [7, 11) is 0. The van der Waals surface area contributed by atoms with Gasteiger partial charge in [-0.2, -0.15) is 0 Å². The van der Waals surface area contributed by atoms with Gasteiger partial charge in [-0.05, 0) is 6.26 Å². The highest BCUT2D eigenvalue weighted by Crippen LogP contribution is 2.06. The first-order valence-corrected chi connectivity index (χ1v) is 2.89. The van der Waals surface area contributed by atoms with Gasteiger partial charge in [0.2, 0.25) is 0 Å². The van der Waals surface area contributed by atoms with Crippen LogP contribution in [0.4, 0.5) is 0 Å². The Labute approximate surface area is 45.1 Å². The van der Waals surface area contributed by atoms with Crippen LogP contribution in [0.1, 0.15) is 0 Å². The molecule has 4 heteroatoms. The number of rotatable bonds is 1. The predicted octanol–water partition coefficient (Wildman–Crippen LogP) is 0.592. The van der Waals surface area contributed by atoms with Gasteiger partial charge in [0.1, 0.15) is 0 Å². The van der Waals surface area contributed by atoms with Gasteiger partial charge >= 0.3 is 6.39 Å². The van der Waals surface area contributed by atoms with Crippen LogP contribution >= 0.6 is 11.8 Å². The highest BCUT2D eigenvalue weighted by molar-refractivity contribution is 7.98. The fraction of sp³-hybridized carbons (Fsp3) is 0.333. The van der Waals surface area contributed by atoms with Gasteiger partial charge in [0.25, 0.3) is 5.22 Å². The topological polar surface area (TPSA) is 38.9 Å². The van der Waals surface area contributed by atoms with Crippen molar-refractivity contribution < 1.29 is 4.42 Å². The molecule has 1 rings (SSSR count). The lowest BCUT2D eigenvalue weighted by atomic mass is 11.5. The molecule has 3 nitrogen and oxygen atoms in total. The van der Waals surface area contributed by atoms with Crippen molar-refractivity contribution >= 4 is 11.8 Å². The zero-order chi connectivity index (χ0) is 5.11. The number of hydrogen-bond donors (Lipinski definition) is 0. The van der Waals surface area contributed by atoms with Gasteiger partial charge < -0.3 is 4.42 Å². The van der Waals surface area contributed by atoms with Crippen LogP contribution in [0.5, 0.6) is 0 Å². The molecular formula is C3H3N2OS. The van der Waals surface area contributed by atoms with E-state index in [1.807, 2.05) is 6.26 Å². The molecule has 0 aliphatic rings. The fourth-order valence-electron chi connectivity index (χ4n) is 0.224. The monoisotopic (exact) mass is 115 g/mol. The maximum absolute atomic E-state index is 4.60. The van der Waals surface area contributed by atoms with Gasteiger partial charge in [0.05, 0.1) is 0 Å². The van der Waals surface area contributed by atoms with E-state index in [9.17, 15) is 0 Å². The van der Waals surface area contributed by atoms with Gasteiger partial charge in [-0.1, -0.05) is 11.8 Å². The van der Waals surface area contributed by atoms with Gasteiger partial charge in [-0.25, -0.2) is 0 Å². The summed E-state index contributed by atoms with van der Waals surface area (Å²) in [6, 6.07) is 0. The van der Waals surface area contributed by atoms with Crippen LogP contribution in [0.15, 0.2) is 9.64 Å². The number of aromatic nitrogens is 2. The van der Waals surface area contributed by atoms with Crippen molar-refractivity contribution in [2.45, 2.75) is 5.22 Å². The third kappa shape index (κ3) is 0.928. The van der Waals surface area contributed by atoms with Gasteiger partial charge in [0.15, 0.2) is 0 Å². The Hall–Kier alpha value is -0.510. The highest BCUT2D eigenvalue weighted by atomic mass is 32.2. The average Bonchev–Trinajstić information content (AvgIpc) is 2.14. The summed E-state index contributed by atoms with van der Waals surface area (Å²) in [5.74, 6) is 0. The summed E-state index contributed by atoms with van der Waals surface area (Å²) >= 11 is 1.40. The van der Waals surface area contributed by atoms with E-state index < -0.39 is 0 Å².